The predicted molar refractivity (Wildman–Crippen MR) is 93.4 cm³/mol. The Morgan fingerprint density at radius 2 is 1.45 bits per heavy atom. The largest absolute Gasteiger partial charge is 0.208 e. The molecule has 22 heavy (non-hydrogen) atoms. The third-order valence-electron chi connectivity index (χ3n) is 3.89. The lowest BCUT2D eigenvalue weighted by molar-refractivity contribution is -0.679. The lowest BCUT2D eigenvalue weighted by Crippen LogP contribution is -2.32. The average Bonchev–Trinajstić information content (AvgIpc) is 2.51. The number of hydrogen-bond donors (Lipinski definition) is 0. The second kappa shape index (κ2) is 9.34. The number of pyridine rings is 2. The second-order valence-corrected chi connectivity index (χ2v) is 6.32. The van der Waals surface area contributed by atoms with Crippen LogP contribution in [0.1, 0.15) is 46.2 Å². The molecular formula is C20H32N2+2. The highest BCUT2D eigenvalue weighted by molar-refractivity contribution is 5.61. The fourth-order valence-electron chi connectivity index (χ4n) is 1.99. The maximum Gasteiger partial charge on any atom is 0.181 e. The molecule has 2 heteroatoms. The van der Waals surface area contributed by atoms with Crippen molar-refractivity contribution in [2.75, 3.05) is 0 Å². The molecular weight excluding hydrogens is 268 g/mol. The van der Waals surface area contributed by atoms with Crippen LogP contribution in [0, 0.1) is 5.92 Å². The summed E-state index contributed by atoms with van der Waals surface area (Å²) in [7, 11) is 4.15. The minimum absolute atomic E-state index is 0.884. The van der Waals surface area contributed by atoms with Gasteiger partial charge in [-0.2, -0.15) is 0 Å². The minimum atomic E-state index is 0.884. The highest BCUT2D eigenvalue weighted by Crippen LogP contribution is 2.17. The van der Waals surface area contributed by atoms with Crippen LogP contribution in [0.3, 0.4) is 0 Å². The van der Waals surface area contributed by atoms with Gasteiger partial charge >= 0.3 is 0 Å². The summed E-state index contributed by atoms with van der Waals surface area (Å²) >= 11 is 0. The second-order valence-electron chi connectivity index (χ2n) is 6.32. The molecule has 0 spiro atoms. The first-order valence-corrected chi connectivity index (χ1v) is 8.42. The van der Waals surface area contributed by atoms with Crippen molar-refractivity contribution >= 4 is 0 Å². The number of aryl methyl sites for hydroxylation is 3. The lowest BCUT2D eigenvalue weighted by atomic mass is 10.1. The number of hydrogen-bond acceptors (Lipinski definition) is 0. The zero-order valence-corrected chi connectivity index (χ0v) is 15.1. The first-order chi connectivity index (χ1) is 10.5. The van der Waals surface area contributed by atoms with Gasteiger partial charge in [0.1, 0.15) is 14.1 Å². The molecule has 2 heterocycles. The van der Waals surface area contributed by atoms with Crippen LogP contribution in [0.25, 0.3) is 11.1 Å². The summed E-state index contributed by atoms with van der Waals surface area (Å²) in [6, 6.07) is 8.78. The fraction of sp³-hybridized carbons (Fsp3) is 0.500. The van der Waals surface area contributed by atoms with Gasteiger partial charge in [-0.1, -0.05) is 34.1 Å². The zero-order chi connectivity index (χ0) is 16.5. The maximum absolute atomic E-state index is 2.29. The molecule has 0 amide bonds. The maximum atomic E-state index is 2.29. The molecule has 2 aromatic heterocycles. The zero-order valence-electron chi connectivity index (χ0n) is 15.1. The van der Waals surface area contributed by atoms with Crippen LogP contribution in [-0.4, -0.2) is 0 Å². The van der Waals surface area contributed by atoms with Crippen LogP contribution >= 0.6 is 0 Å². The van der Waals surface area contributed by atoms with E-state index in [1.807, 2.05) is 7.05 Å². The molecule has 0 saturated heterocycles. The van der Waals surface area contributed by atoms with Crippen LogP contribution in [0.5, 0.6) is 0 Å². The third kappa shape index (κ3) is 5.97. The summed E-state index contributed by atoms with van der Waals surface area (Å²) in [6.07, 6.45) is 9.93. The van der Waals surface area contributed by atoms with Crippen LogP contribution in [0.15, 0.2) is 42.9 Å². The number of rotatable bonds is 4. The molecule has 0 saturated carbocycles. The molecule has 0 unspecified atom stereocenters. The quantitative estimate of drug-likeness (QED) is 0.754. The van der Waals surface area contributed by atoms with Gasteiger partial charge in [0.05, 0.1) is 0 Å². The number of aromatic nitrogens is 2. The van der Waals surface area contributed by atoms with Crippen LogP contribution in [0.2, 0.25) is 0 Å². The highest BCUT2D eigenvalue weighted by atomic mass is 14.9. The van der Waals surface area contributed by atoms with Gasteiger partial charge in [-0.25, -0.2) is 9.13 Å². The van der Waals surface area contributed by atoms with Gasteiger partial charge in [0.25, 0.3) is 0 Å². The topological polar surface area (TPSA) is 7.76 Å². The van der Waals surface area contributed by atoms with Gasteiger partial charge in [-0.05, 0) is 23.5 Å². The molecule has 0 atom stereocenters. The Morgan fingerprint density at radius 3 is 1.95 bits per heavy atom. The van der Waals surface area contributed by atoms with Crippen molar-refractivity contribution < 1.29 is 9.13 Å². The first-order valence-electron chi connectivity index (χ1n) is 8.42. The molecule has 0 bridgehead atoms. The van der Waals surface area contributed by atoms with Gasteiger partial charge in [-0.3, -0.25) is 0 Å². The Labute approximate surface area is 136 Å². The van der Waals surface area contributed by atoms with Gasteiger partial charge < -0.3 is 0 Å². The summed E-state index contributed by atoms with van der Waals surface area (Å²) in [5, 5.41) is 0. The van der Waals surface area contributed by atoms with E-state index in [-0.39, 0.29) is 0 Å². The summed E-state index contributed by atoms with van der Waals surface area (Å²) in [5.74, 6) is 0.884. The van der Waals surface area contributed by atoms with Crippen molar-refractivity contribution in [2.24, 2.45) is 20.0 Å². The molecule has 0 aliphatic heterocycles. The standard InChI is InChI=1S/C15H20N2.C5H12/c1-4-5-15-12-14(8-11-17(15)3)13-6-9-16(2)10-7-13;1-4-5(2)3/h6-12H,4-5H2,1-3H3;5H,4H2,1-3H3/q+2;. The molecule has 0 radical (unpaired) electrons. The van der Waals surface area contributed by atoms with Crippen molar-refractivity contribution in [3.63, 3.8) is 0 Å². The van der Waals surface area contributed by atoms with E-state index in [1.54, 1.807) is 0 Å². The summed E-state index contributed by atoms with van der Waals surface area (Å²) in [5.41, 5.74) is 3.96. The highest BCUT2D eigenvalue weighted by Gasteiger charge is 2.08. The molecule has 0 N–H and O–H groups in total. The number of nitrogens with zero attached hydrogens (tertiary/aromatic N) is 2. The van der Waals surface area contributed by atoms with Gasteiger partial charge in [-0.15, -0.1) is 0 Å². The normalized spacial score (nSPS) is 10.3. The van der Waals surface area contributed by atoms with Crippen molar-refractivity contribution in [2.45, 2.75) is 47.0 Å². The Balaban J connectivity index is 0.000000422. The van der Waals surface area contributed by atoms with E-state index in [2.05, 4.69) is 86.7 Å². The van der Waals surface area contributed by atoms with Gasteiger partial charge in [0.2, 0.25) is 0 Å². The molecule has 120 valence electrons. The third-order valence-corrected chi connectivity index (χ3v) is 3.89. The van der Waals surface area contributed by atoms with E-state index in [4.69, 9.17) is 0 Å². The van der Waals surface area contributed by atoms with Crippen molar-refractivity contribution in [1.82, 2.24) is 0 Å². The lowest BCUT2D eigenvalue weighted by Gasteiger charge is -2.03. The Hall–Kier alpha value is -1.70. The summed E-state index contributed by atoms with van der Waals surface area (Å²) in [4.78, 5) is 0. The molecule has 0 fully saturated rings. The van der Waals surface area contributed by atoms with E-state index >= 15 is 0 Å². The molecule has 2 aromatic rings. The molecule has 0 aromatic carbocycles. The predicted octanol–water partition coefficient (Wildman–Crippen LogP) is 4.01. The Bertz CT molecular complexity index is 556. The molecule has 0 aliphatic carbocycles. The fourth-order valence-corrected chi connectivity index (χ4v) is 1.99. The summed E-state index contributed by atoms with van der Waals surface area (Å²) in [6.45, 7) is 8.86. The van der Waals surface area contributed by atoms with Gasteiger partial charge in [0.15, 0.2) is 24.3 Å². The first kappa shape index (κ1) is 18.3. The average molecular weight is 300 g/mol. The van der Waals surface area contributed by atoms with Crippen molar-refractivity contribution in [1.29, 1.82) is 0 Å². The Kier molecular flexibility index (Phi) is 7.79. The van der Waals surface area contributed by atoms with Crippen molar-refractivity contribution in [3.8, 4) is 11.1 Å². The molecule has 2 rings (SSSR count). The SMILES string of the molecule is CCC(C)C.CCCc1cc(-c2cc[n+](C)cc2)cc[n+]1C. The van der Waals surface area contributed by atoms with E-state index in [0.717, 1.165) is 12.3 Å². The van der Waals surface area contributed by atoms with Crippen LogP contribution < -0.4 is 9.13 Å². The van der Waals surface area contributed by atoms with Crippen LogP contribution in [-0.2, 0) is 20.5 Å². The van der Waals surface area contributed by atoms with E-state index < -0.39 is 0 Å². The van der Waals surface area contributed by atoms with Gasteiger partial charge in [0, 0.05) is 30.7 Å². The molecule has 0 aliphatic rings. The van der Waals surface area contributed by atoms with E-state index in [0.29, 0.717) is 0 Å². The van der Waals surface area contributed by atoms with E-state index in [9.17, 15) is 0 Å². The monoisotopic (exact) mass is 300 g/mol. The van der Waals surface area contributed by atoms with Crippen molar-refractivity contribution in [3.05, 3.63) is 48.5 Å². The van der Waals surface area contributed by atoms with Crippen LogP contribution in [0.4, 0.5) is 0 Å². The Morgan fingerprint density at radius 1 is 0.909 bits per heavy atom. The van der Waals surface area contributed by atoms with E-state index in [1.165, 1.54) is 29.7 Å². The molecule has 2 nitrogen and oxygen atoms in total. The smallest absolute Gasteiger partial charge is 0.181 e. The summed E-state index contributed by atoms with van der Waals surface area (Å²) < 4.78 is 4.26. The minimum Gasteiger partial charge on any atom is -0.208 e.